The van der Waals surface area contributed by atoms with Crippen molar-refractivity contribution < 1.29 is 19.4 Å². The fourth-order valence-electron chi connectivity index (χ4n) is 2.05. The lowest BCUT2D eigenvalue weighted by Gasteiger charge is -2.40. The second-order valence-electron chi connectivity index (χ2n) is 5.83. The van der Waals surface area contributed by atoms with Crippen LogP contribution in [0.3, 0.4) is 0 Å². The zero-order valence-electron chi connectivity index (χ0n) is 11.3. The fourth-order valence-corrected chi connectivity index (χ4v) is 2.05. The van der Waals surface area contributed by atoms with Crippen molar-refractivity contribution in [3.8, 4) is 0 Å². The topological polar surface area (TPSA) is 92.9 Å². The highest BCUT2D eigenvalue weighted by Crippen LogP contribution is 2.23. The van der Waals surface area contributed by atoms with Crippen LogP contribution in [0.15, 0.2) is 0 Å². The molecule has 0 radical (unpaired) electrons. The van der Waals surface area contributed by atoms with Crippen LogP contribution in [-0.2, 0) is 9.53 Å². The average Bonchev–Trinajstić information content (AvgIpc) is 2.13. The lowest BCUT2D eigenvalue weighted by atomic mass is 9.89. The molecule has 1 amide bonds. The van der Waals surface area contributed by atoms with E-state index in [4.69, 9.17) is 15.6 Å². The zero-order valence-corrected chi connectivity index (χ0v) is 11.3. The van der Waals surface area contributed by atoms with E-state index in [9.17, 15) is 9.59 Å². The van der Waals surface area contributed by atoms with Crippen LogP contribution in [0.5, 0.6) is 0 Å². The van der Waals surface area contributed by atoms with Crippen LogP contribution in [0.25, 0.3) is 0 Å². The van der Waals surface area contributed by atoms with Crippen molar-refractivity contribution in [1.29, 1.82) is 0 Å². The van der Waals surface area contributed by atoms with Gasteiger partial charge in [-0.3, -0.25) is 4.79 Å². The van der Waals surface area contributed by atoms with Crippen molar-refractivity contribution in [3.63, 3.8) is 0 Å². The minimum atomic E-state index is -0.969. The van der Waals surface area contributed by atoms with Gasteiger partial charge in [-0.2, -0.15) is 0 Å². The molecule has 6 heteroatoms. The molecule has 0 aromatic rings. The van der Waals surface area contributed by atoms with Crippen molar-refractivity contribution in [2.24, 2.45) is 11.7 Å². The second-order valence-corrected chi connectivity index (χ2v) is 5.83. The Balaban J connectivity index is 2.76. The molecule has 1 saturated heterocycles. The number of carboxylic acids is 1. The van der Waals surface area contributed by atoms with Gasteiger partial charge in [-0.05, 0) is 34.1 Å². The number of carbonyl (C=O) groups excluding carboxylic acids is 1. The Bertz CT molecular complexity index is 337. The molecule has 104 valence electrons. The summed E-state index contributed by atoms with van der Waals surface area (Å²) >= 11 is 0. The number of piperidine rings is 1. The molecule has 18 heavy (non-hydrogen) atoms. The number of nitrogens with two attached hydrogens (primary N) is 1. The van der Waals surface area contributed by atoms with E-state index in [2.05, 4.69) is 0 Å². The molecule has 3 unspecified atom stereocenters. The number of carboxylic acid groups (broad SMARTS) is 1. The Kier molecular flexibility index (Phi) is 4.21. The number of carbonyl (C=O) groups is 2. The van der Waals surface area contributed by atoms with Gasteiger partial charge in [-0.15, -0.1) is 0 Å². The third-order valence-electron chi connectivity index (χ3n) is 3.00. The van der Waals surface area contributed by atoms with E-state index in [1.165, 1.54) is 4.90 Å². The maximum atomic E-state index is 12.0. The van der Waals surface area contributed by atoms with Gasteiger partial charge in [-0.1, -0.05) is 0 Å². The SMILES string of the molecule is CC1CC(N)C(C(=O)O)CN1C(=O)OC(C)(C)C. The summed E-state index contributed by atoms with van der Waals surface area (Å²) < 4.78 is 5.26. The summed E-state index contributed by atoms with van der Waals surface area (Å²) in [4.78, 5) is 24.5. The normalized spacial score (nSPS) is 28.9. The second kappa shape index (κ2) is 5.14. The molecule has 0 aliphatic carbocycles. The maximum absolute atomic E-state index is 12.0. The number of hydrogen-bond donors (Lipinski definition) is 2. The monoisotopic (exact) mass is 258 g/mol. The summed E-state index contributed by atoms with van der Waals surface area (Å²) in [5.74, 6) is -1.70. The molecule has 0 saturated carbocycles. The van der Waals surface area contributed by atoms with E-state index in [0.29, 0.717) is 6.42 Å². The van der Waals surface area contributed by atoms with Gasteiger partial charge in [-0.25, -0.2) is 4.79 Å². The Morgan fingerprint density at radius 2 is 1.94 bits per heavy atom. The van der Waals surface area contributed by atoms with Crippen LogP contribution in [0.1, 0.15) is 34.1 Å². The van der Waals surface area contributed by atoms with E-state index in [1.807, 2.05) is 6.92 Å². The first-order valence-electron chi connectivity index (χ1n) is 6.10. The van der Waals surface area contributed by atoms with E-state index in [1.54, 1.807) is 20.8 Å². The number of aliphatic carboxylic acids is 1. The highest BCUT2D eigenvalue weighted by atomic mass is 16.6. The smallest absolute Gasteiger partial charge is 0.410 e. The minimum absolute atomic E-state index is 0.104. The van der Waals surface area contributed by atoms with Crippen molar-refractivity contribution in [3.05, 3.63) is 0 Å². The summed E-state index contributed by atoms with van der Waals surface area (Å²) in [6.45, 7) is 7.29. The molecule has 3 N–H and O–H groups in total. The number of likely N-dealkylation sites (tertiary alicyclic amines) is 1. The summed E-state index contributed by atoms with van der Waals surface area (Å²) in [5.41, 5.74) is 5.21. The van der Waals surface area contributed by atoms with Crippen molar-refractivity contribution in [2.45, 2.75) is 51.8 Å². The largest absolute Gasteiger partial charge is 0.481 e. The first-order chi connectivity index (χ1) is 8.11. The summed E-state index contributed by atoms with van der Waals surface area (Å²) in [6, 6.07) is -0.526. The Morgan fingerprint density at radius 1 is 1.39 bits per heavy atom. The molecule has 1 aliphatic heterocycles. The molecule has 3 atom stereocenters. The van der Waals surface area contributed by atoms with Crippen molar-refractivity contribution in [2.75, 3.05) is 6.54 Å². The molecule has 1 aliphatic rings. The zero-order chi connectivity index (χ0) is 14.1. The molecule has 0 aromatic heterocycles. The fraction of sp³-hybridized carbons (Fsp3) is 0.833. The highest BCUT2D eigenvalue weighted by Gasteiger charge is 2.39. The molecule has 1 rings (SSSR count). The van der Waals surface area contributed by atoms with Crippen molar-refractivity contribution in [1.82, 2.24) is 4.90 Å². The summed E-state index contributed by atoms with van der Waals surface area (Å²) in [7, 11) is 0. The molecule has 1 heterocycles. The number of ether oxygens (including phenoxy) is 1. The quantitative estimate of drug-likeness (QED) is 0.733. The van der Waals surface area contributed by atoms with E-state index in [-0.39, 0.29) is 12.6 Å². The van der Waals surface area contributed by atoms with Gasteiger partial charge in [0.25, 0.3) is 0 Å². The first kappa shape index (κ1) is 14.8. The molecular weight excluding hydrogens is 236 g/mol. The van der Waals surface area contributed by atoms with Gasteiger partial charge in [0, 0.05) is 18.6 Å². The van der Waals surface area contributed by atoms with Gasteiger partial charge < -0.3 is 20.5 Å². The predicted molar refractivity (Wildman–Crippen MR) is 66.1 cm³/mol. The van der Waals surface area contributed by atoms with Crippen LogP contribution in [0.2, 0.25) is 0 Å². The van der Waals surface area contributed by atoms with Gasteiger partial charge >= 0.3 is 12.1 Å². The Hall–Kier alpha value is -1.30. The van der Waals surface area contributed by atoms with E-state index >= 15 is 0 Å². The molecule has 1 fully saturated rings. The lowest BCUT2D eigenvalue weighted by Crippen LogP contribution is -2.56. The van der Waals surface area contributed by atoms with Crippen molar-refractivity contribution >= 4 is 12.1 Å². The van der Waals surface area contributed by atoms with Crippen LogP contribution < -0.4 is 5.73 Å². The van der Waals surface area contributed by atoms with Crippen LogP contribution in [-0.4, -0.2) is 46.3 Å². The molecule has 0 aromatic carbocycles. The molecular formula is C12H22N2O4. The maximum Gasteiger partial charge on any atom is 0.410 e. The number of hydrogen-bond acceptors (Lipinski definition) is 4. The minimum Gasteiger partial charge on any atom is -0.481 e. The van der Waals surface area contributed by atoms with Crippen LogP contribution in [0, 0.1) is 5.92 Å². The van der Waals surface area contributed by atoms with Crippen LogP contribution >= 0.6 is 0 Å². The lowest BCUT2D eigenvalue weighted by molar-refractivity contribution is -0.144. The Labute approximate surface area is 107 Å². The highest BCUT2D eigenvalue weighted by molar-refractivity contribution is 5.74. The number of amides is 1. The van der Waals surface area contributed by atoms with E-state index < -0.39 is 29.6 Å². The number of rotatable bonds is 1. The average molecular weight is 258 g/mol. The van der Waals surface area contributed by atoms with Gasteiger partial charge in [0.05, 0.1) is 5.92 Å². The molecule has 0 spiro atoms. The van der Waals surface area contributed by atoms with Gasteiger partial charge in [0.2, 0.25) is 0 Å². The van der Waals surface area contributed by atoms with Crippen LogP contribution in [0.4, 0.5) is 4.79 Å². The molecule has 6 nitrogen and oxygen atoms in total. The number of nitrogens with zero attached hydrogens (tertiary/aromatic N) is 1. The first-order valence-corrected chi connectivity index (χ1v) is 6.10. The third-order valence-corrected chi connectivity index (χ3v) is 3.00. The molecule has 0 bridgehead atoms. The standard InChI is InChI=1S/C12H22N2O4/c1-7-5-9(13)8(10(15)16)6-14(7)11(17)18-12(2,3)4/h7-9H,5-6,13H2,1-4H3,(H,15,16). The summed E-state index contributed by atoms with van der Waals surface area (Å²) in [6.07, 6.45) is -0.0101. The Morgan fingerprint density at radius 3 is 2.39 bits per heavy atom. The van der Waals surface area contributed by atoms with Gasteiger partial charge in [0.15, 0.2) is 0 Å². The van der Waals surface area contributed by atoms with E-state index in [0.717, 1.165) is 0 Å². The predicted octanol–water partition coefficient (Wildman–Crippen LogP) is 1.04. The van der Waals surface area contributed by atoms with Gasteiger partial charge in [0.1, 0.15) is 5.60 Å². The summed E-state index contributed by atoms with van der Waals surface area (Å²) in [5, 5.41) is 9.07. The third kappa shape index (κ3) is 3.60.